The molecular formula is C12H22N4S. The van der Waals surface area contributed by atoms with Gasteiger partial charge in [-0.05, 0) is 32.2 Å². The predicted molar refractivity (Wildman–Crippen MR) is 72.4 cm³/mol. The molecule has 0 amide bonds. The number of nitrogens with zero attached hydrogens (tertiary/aromatic N) is 4. The second-order valence-electron chi connectivity index (χ2n) is 4.77. The third-order valence-corrected chi connectivity index (χ3v) is 4.30. The maximum atomic E-state index is 4.23. The van der Waals surface area contributed by atoms with Gasteiger partial charge in [-0.1, -0.05) is 12.1 Å². The number of hydrogen-bond donors (Lipinski definition) is 0. The number of rotatable bonds is 6. The minimum Gasteiger partial charge on any atom is -0.301 e. The SMILES string of the molecule is CSC(C)Cc1cn(CCN2CCCC2)nn1. The van der Waals surface area contributed by atoms with Gasteiger partial charge in [-0.3, -0.25) is 4.68 Å². The van der Waals surface area contributed by atoms with Crippen LogP contribution in [0.25, 0.3) is 0 Å². The van der Waals surface area contributed by atoms with E-state index in [1.54, 1.807) is 0 Å². The van der Waals surface area contributed by atoms with Crippen LogP contribution in [0.15, 0.2) is 6.20 Å². The Labute approximate surface area is 108 Å². The Balaban J connectivity index is 1.77. The molecule has 2 heterocycles. The molecule has 17 heavy (non-hydrogen) atoms. The summed E-state index contributed by atoms with van der Waals surface area (Å²) in [6.07, 6.45) is 7.97. The first-order valence-corrected chi connectivity index (χ1v) is 7.71. The van der Waals surface area contributed by atoms with Crippen molar-refractivity contribution in [2.24, 2.45) is 0 Å². The first kappa shape index (κ1) is 12.9. The van der Waals surface area contributed by atoms with E-state index in [2.05, 4.69) is 34.6 Å². The lowest BCUT2D eigenvalue weighted by molar-refractivity contribution is 0.314. The zero-order chi connectivity index (χ0) is 12.1. The average Bonchev–Trinajstić information content (AvgIpc) is 2.97. The molecule has 1 aromatic heterocycles. The molecular weight excluding hydrogens is 232 g/mol. The zero-order valence-electron chi connectivity index (χ0n) is 10.8. The molecule has 1 atom stereocenters. The van der Waals surface area contributed by atoms with Crippen LogP contribution >= 0.6 is 11.8 Å². The molecule has 1 saturated heterocycles. The minimum absolute atomic E-state index is 0.624. The maximum Gasteiger partial charge on any atom is 0.0838 e. The lowest BCUT2D eigenvalue weighted by Gasteiger charge is -2.13. The monoisotopic (exact) mass is 254 g/mol. The van der Waals surface area contributed by atoms with Gasteiger partial charge >= 0.3 is 0 Å². The summed E-state index contributed by atoms with van der Waals surface area (Å²) >= 11 is 1.88. The molecule has 0 bridgehead atoms. The Morgan fingerprint density at radius 2 is 2.12 bits per heavy atom. The van der Waals surface area contributed by atoms with E-state index in [1.165, 1.54) is 25.9 Å². The first-order valence-electron chi connectivity index (χ1n) is 6.42. The van der Waals surface area contributed by atoms with Crippen LogP contribution in [0.5, 0.6) is 0 Å². The van der Waals surface area contributed by atoms with Crippen LogP contribution in [0.4, 0.5) is 0 Å². The highest BCUT2D eigenvalue weighted by Gasteiger charge is 2.11. The van der Waals surface area contributed by atoms with Crippen LogP contribution in [0.3, 0.4) is 0 Å². The van der Waals surface area contributed by atoms with Crippen LogP contribution in [-0.2, 0) is 13.0 Å². The van der Waals surface area contributed by atoms with E-state index in [9.17, 15) is 0 Å². The summed E-state index contributed by atoms with van der Waals surface area (Å²) in [5.74, 6) is 0. The number of likely N-dealkylation sites (tertiary alicyclic amines) is 1. The van der Waals surface area contributed by atoms with E-state index in [0.717, 1.165) is 25.2 Å². The van der Waals surface area contributed by atoms with E-state index in [-0.39, 0.29) is 0 Å². The van der Waals surface area contributed by atoms with Crippen molar-refractivity contribution in [1.29, 1.82) is 0 Å². The molecule has 96 valence electrons. The second kappa shape index (κ2) is 6.40. The van der Waals surface area contributed by atoms with Gasteiger partial charge in [0.1, 0.15) is 0 Å². The number of thioether (sulfide) groups is 1. The molecule has 0 saturated carbocycles. The summed E-state index contributed by atoms with van der Waals surface area (Å²) in [6.45, 7) is 6.82. The van der Waals surface area contributed by atoms with E-state index in [4.69, 9.17) is 0 Å². The molecule has 1 aliphatic heterocycles. The van der Waals surface area contributed by atoms with Gasteiger partial charge in [-0.25, -0.2) is 0 Å². The van der Waals surface area contributed by atoms with Gasteiger partial charge < -0.3 is 4.90 Å². The third kappa shape index (κ3) is 4.00. The normalized spacial score (nSPS) is 18.7. The van der Waals surface area contributed by atoms with Crippen LogP contribution < -0.4 is 0 Å². The quantitative estimate of drug-likeness (QED) is 0.773. The van der Waals surface area contributed by atoms with Crippen molar-refractivity contribution in [3.8, 4) is 0 Å². The zero-order valence-corrected chi connectivity index (χ0v) is 11.6. The van der Waals surface area contributed by atoms with Gasteiger partial charge in [0.15, 0.2) is 0 Å². The fourth-order valence-electron chi connectivity index (χ4n) is 2.17. The topological polar surface area (TPSA) is 34.0 Å². The lowest BCUT2D eigenvalue weighted by atomic mass is 10.3. The van der Waals surface area contributed by atoms with Crippen molar-refractivity contribution in [2.75, 3.05) is 25.9 Å². The highest BCUT2D eigenvalue weighted by molar-refractivity contribution is 7.99. The summed E-state index contributed by atoms with van der Waals surface area (Å²) < 4.78 is 1.99. The van der Waals surface area contributed by atoms with E-state index in [0.29, 0.717) is 5.25 Å². The smallest absolute Gasteiger partial charge is 0.0838 e. The third-order valence-electron chi connectivity index (χ3n) is 3.33. The Morgan fingerprint density at radius 3 is 2.82 bits per heavy atom. The molecule has 0 radical (unpaired) electrons. The molecule has 2 rings (SSSR count). The average molecular weight is 254 g/mol. The van der Waals surface area contributed by atoms with Gasteiger partial charge in [0.25, 0.3) is 0 Å². The molecule has 1 fully saturated rings. The summed E-state index contributed by atoms with van der Waals surface area (Å²) in [6, 6.07) is 0. The first-order chi connectivity index (χ1) is 8.28. The van der Waals surface area contributed by atoms with E-state index >= 15 is 0 Å². The van der Waals surface area contributed by atoms with Crippen molar-refractivity contribution in [1.82, 2.24) is 19.9 Å². The van der Waals surface area contributed by atoms with E-state index < -0.39 is 0 Å². The van der Waals surface area contributed by atoms with Crippen LogP contribution in [0.1, 0.15) is 25.5 Å². The van der Waals surface area contributed by atoms with Gasteiger partial charge in [-0.2, -0.15) is 11.8 Å². The molecule has 0 spiro atoms. The van der Waals surface area contributed by atoms with Crippen molar-refractivity contribution in [3.63, 3.8) is 0 Å². The highest BCUT2D eigenvalue weighted by Crippen LogP contribution is 2.11. The van der Waals surface area contributed by atoms with Gasteiger partial charge in [0, 0.05) is 24.4 Å². The number of hydrogen-bond acceptors (Lipinski definition) is 4. The summed E-state index contributed by atoms with van der Waals surface area (Å²) in [5, 5.41) is 9.05. The molecule has 4 nitrogen and oxygen atoms in total. The van der Waals surface area contributed by atoms with Crippen molar-refractivity contribution in [2.45, 2.75) is 38.0 Å². The Kier molecular flexibility index (Phi) is 4.86. The molecule has 5 heteroatoms. The fourth-order valence-corrected chi connectivity index (χ4v) is 2.51. The van der Waals surface area contributed by atoms with Gasteiger partial charge in [0.2, 0.25) is 0 Å². The summed E-state index contributed by atoms with van der Waals surface area (Å²) in [7, 11) is 0. The molecule has 0 N–H and O–H groups in total. The molecule has 1 aliphatic rings. The predicted octanol–water partition coefficient (Wildman–Crippen LogP) is 1.67. The van der Waals surface area contributed by atoms with Gasteiger partial charge in [0.05, 0.1) is 12.2 Å². The minimum atomic E-state index is 0.624. The van der Waals surface area contributed by atoms with Crippen molar-refractivity contribution < 1.29 is 0 Å². The second-order valence-corrected chi connectivity index (χ2v) is 6.05. The Morgan fingerprint density at radius 1 is 1.35 bits per heavy atom. The summed E-state index contributed by atoms with van der Waals surface area (Å²) in [5.41, 5.74) is 1.12. The molecule has 0 aliphatic carbocycles. The Hall–Kier alpha value is -0.550. The van der Waals surface area contributed by atoms with Crippen molar-refractivity contribution >= 4 is 11.8 Å². The number of aromatic nitrogens is 3. The van der Waals surface area contributed by atoms with Gasteiger partial charge in [-0.15, -0.1) is 5.10 Å². The molecule has 0 aromatic carbocycles. The molecule has 1 aromatic rings. The highest BCUT2D eigenvalue weighted by atomic mass is 32.2. The standard InChI is InChI=1S/C12H22N4S/c1-11(17-2)9-12-10-16(14-13-12)8-7-15-5-3-4-6-15/h10-11H,3-9H2,1-2H3. The maximum absolute atomic E-state index is 4.23. The van der Waals surface area contributed by atoms with Crippen LogP contribution in [0, 0.1) is 0 Å². The summed E-state index contributed by atoms with van der Waals surface area (Å²) in [4.78, 5) is 2.51. The largest absolute Gasteiger partial charge is 0.301 e. The molecule has 1 unspecified atom stereocenters. The lowest BCUT2D eigenvalue weighted by Crippen LogP contribution is -2.24. The van der Waals surface area contributed by atoms with Crippen LogP contribution in [0.2, 0.25) is 0 Å². The van der Waals surface area contributed by atoms with Crippen LogP contribution in [-0.4, -0.2) is 51.0 Å². The fraction of sp³-hybridized carbons (Fsp3) is 0.833. The van der Waals surface area contributed by atoms with E-state index in [1.807, 2.05) is 16.4 Å². The van der Waals surface area contributed by atoms with Crippen molar-refractivity contribution in [3.05, 3.63) is 11.9 Å². The Bertz CT molecular complexity index is 333.